The summed E-state index contributed by atoms with van der Waals surface area (Å²) in [6.07, 6.45) is 2.90. The van der Waals surface area contributed by atoms with Crippen molar-refractivity contribution in [1.29, 1.82) is 0 Å². The highest BCUT2D eigenvalue weighted by Gasteiger charge is 2.35. The lowest BCUT2D eigenvalue weighted by molar-refractivity contribution is 0.0731. The summed E-state index contributed by atoms with van der Waals surface area (Å²) in [6.45, 7) is 2.17. The number of ether oxygens (including phenoxy) is 1. The first-order valence-electron chi connectivity index (χ1n) is 7.33. The van der Waals surface area contributed by atoms with E-state index in [0.717, 1.165) is 48.5 Å². The van der Waals surface area contributed by atoms with Gasteiger partial charge < -0.3 is 9.64 Å². The average molecular weight is 303 g/mol. The third kappa shape index (κ3) is 2.18. The minimum absolute atomic E-state index is 0.0845. The number of aromatic nitrogens is 2. The van der Waals surface area contributed by atoms with Crippen molar-refractivity contribution >= 4 is 17.2 Å². The molecule has 2 aliphatic rings. The van der Waals surface area contributed by atoms with Crippen molar-refractivity contribution in [2.75, 3.05) is 13.2 Å². The third-order valence-corrected chi connectivity index (χ3v) is 5.15. The molecule has 1 saturated heterocycles. The number of amides is 1. The average Bonchev–Trinajstić information content (AvgIpc) is 3.25. The molecular formula is C15H17N3O2S. The summed E-state index contributed by atoms with van der Waals surface area (Å²) in [7, 11) is 0. The second kappa shape index (κ2) is 5.27. The smallest absolute Gasteiger partial charge is 0.264 e. The van der Waals surface area contributed by atoms with Gasteiger partial charge >= 0.3 is 0 Å². The largest absolute Gasteiger partial charge is 0.376 e. The van der Waals surface area contributed by atoms with Crippen LogP contribution in [0.3, 0.4) is 0 Å². The maximum Gasteiger partial charge on any atom is 0.264 e. The quantitative estimate of drug-likeness (QED) is 0.927. The Bertz CT molecular complexity index is 650. The van der Waals surface area contributed by atoms with Gasteiger partial charge in [0, 0.05) is 24.2 Å². The first kappa shape index (κ1) is 13.0. The van der Waals surface area contributed by atoms with Gasteiger partial charge in [-0.15, -0.1) is 11.3 Å². The van der Waals surface area contributed by atoms with Crippen LogP contribution in [0.15, 0.2) is 17.5 Å². The molecule has 0 saturated carbocycles. The molecule has 1 N–H and O–H groups in total. The molecule has 0 radical (unpaired) electrons. The van der Waals surface area contributed by atoms with Crippen LogP contribution in [-0.4, -0.2) is 34.2 Å². The molecule has 0 aromatic carbocycles. The predicted octanol–water partition coefficient (Wildman–Crippen LogP) is 2.52. The molecule has 4 heterocycles. The second-order valence-corrected chi connectivity index (χ2v) is 6.45. The maximum absolute atomic E-state index is 12.6. The van der Waals surface area contributed by atoms with E-state index in [0.29, 0.717) is 6.61 Å². The number of hydrogen-bond acceptors (Lipinski definition) is 4. The molecule has 5 nitrogen and oxygen atoms in total. The van der Waals surface area contributed by atoms with E-state index in [1.165, 1.54) is 17.0 Å². The Morgan fingerprint density at radius 3 is 3.33 bits per heavy atom. The maximum atomic E-state index is 12.6. The van der Waals surface area contributed by atoms with Crippen molar-refractivity contribution in [1.82, 2.24) is 15.1 Å². The van der Waals surface area contributed by atoms with Gasteiger partial charge in [0.15, 0.2) is 0 Å². The molecule has 21 heavy (non-hydrogen) atoms. The van der Waals surface area contributed by atoms with Crippen molar-refractivity contribution in [3.8, 4) is 0 Å². The topological polar surface area (TPSA) is 58.2 Å². The molecule has 0 aliphatic carbocycles. The molecule has 1 unspecified atom stereocenters. The normalized spacial score (nSPS) is 21.5. The van der Waals surface area contributed by atoms with Gasteiger partial charge in [-0.1, -0.05) is 6.07 Å². The molecule has 1 atom stereocenters. The SMILES string of the molecule is O=C(c1cccs1)N1CCCC1c1n[nH]c2c1COCC2. The van der Waals surface area contributed by atoms with Gasteiger partial charge in [-0.3, -0.25) is 9.89 Å². The van der Waals surface area contributed by atoms with Crippen molar-refractivity contribution in [3.63, 3.8) is 0 Å². The summed E-state index contributed by atoms with van der Waals surface area (Å²) in [4.78, 5) is 15.4. The van der Waals surface area contributed by atoms with Gasteiger partial charge in [-0.05, 0) is 24.3 Å². The predicted molar refractivity (Wildman–Crippen MR) is 79.3 cm³/mol. The molecule has 0 spiro atoms. The van der Waals surface area contributed by atoms with Crippen LogP contribution < -0.4 is 0 Å². The van der Waals surface area contributed by atoms with E-state index in [9.17, 15) is 4.79 Å². The molecular weight excluding hydrogens is 286 g/mol. The Balaban J connectivity index is 1.65. The van der Waals surface area contributed by atoms with Gasteiger partial charge in [-0.25, -0.2) is 0 Å². The van der Waals surface area contributed by atoms with Gasteiger partial charge in [0.25, 0.3) is 5.91 Å². The fourth-order valence-electron chi connectivity index (χ4n) is 3.25. The Hall–Kier alpha value is -1.66. The standard InChI is InChI=1S/C15H17N3O2S/c19-15(13-4-2-8-21-13)18-6-1-3-12(18)14-10-9-20-7-5-11(10)16-17-14/h2,4,8,12H,1,3,5-7,9H2,(H,16,17). The summed E-state index contributed by atoms with van der Waals surface area (Å²) in [5.74, 6) is 0.126. The van der Waals surface area contributed by atoms with E-state index in [-0.39, 0.29) is 11.9 Å². The number of H-pyrrole nitrogens is 1. The van der Waals surface area contributed by atoms with Crippen molar-refractivity contribution in [2.45, 2.75) is 31.9 Å². The van der Waals surface area contributed by atoms with Crippen molar-refractivity contribution in [2.24, 2.45) is 0 Å². The Labute approximate surface area is 126 Å². The highest BCUT2D eigenvalue weighted by molar-refractivity contribution is 7.12. The first-order valence-corrected chi connectivity index (χ1v) is 8.21. The zero-order chi connectivity index (χ0) is 14.2. The highest BCUT2D eigenvalue weighted by Crippen LogP contribution is 2.36. The molecule has 1 amide bonds. The number of likely N-dealkylation sites (tertiary alicyclic amines) is 1. The molecule has 4 rings (SSSR count). The zero-order valence-corrected chi connectivity index (χ0v) is 12.5. The van der Waals surface area contributed by atoms with Crippen LogP contribution in [-0.2, 0) is 17.8 Å². The number of nitrogens with one attached hydrogen (secondary N) is 1. The third-order valence-electron chi connectivity index (χ3n) is 4.29. The van der Waals surface area contributed by atoms with Crippen LogP contribution in [0.25, 0.3) is 0 Å². The number of nitrogens with zero attached hydrogens (tertiary/aromatic N) is 2. The molecule has 2 aromatic heterocycles. The minimum Gasteiger partial charge on any atom is -0.376 e. The van der Waals surface area contributed by atoms with Crippen LogP contribution in [0.1, 0.15) is 45.5 Å². The summed E-state index contributed by atoms with van der Waals surface area (Å²) in [6, 6.07) is 3.90. The van der Waals surface area contributed by atoms with E-state index < -0.39 is 0 Å². The van der Waals surface area contributed by atoms with E-state index >= 15 is 0 Å². The number of hydrogen-bond donors (Lipinski definition) is 1. The van der Waals surface area contributed by atoms with Gasteiger partial charge in [0.1, 0.15) is 0 Å². The zero-order valence-electron chi connectivity index (χ0n) is 11.7. The van der Waals surface area contributed by atoms with E-state index in [1.54, 1.807) is 0 Å². The van der Waals surface area contributed by atoms with Crippen LogP contribution in [0.2, 0.25) is 0 Å². The Morgan fingerprint density at radius 2 is 2.48 bits per heavy atom. The lowest BCUT2D eigenvalue weighted by Crippen LogP contribution is -2.30. The fourth-order valence-corrected chi connectivity index (χ4v) is 3.92. The summed E-state index contributed by atoms with van der Waals surface area (Å²) < 4.78 is 5.56. The lowest BCUT2D eigenvalue weighted by atomic mass is 10.0. The lowest BCUT2D eigenvalue weighted by Gasteiger charge is -2.24. The van der Waals surface area contributed by atoms with Crippen LogP contribution in [0.5, 0.6) is 0 Å². The number of aromatic amines is 1. The van der Waals surface area contributed by atoms with E-state index in [4.69, 9.17) is 4.74 Å². The number of carbonyl (C=O) groups excluding carboxylic acids is 1. The van der Waals surface area contributed by atoms with E-state index in [2.05, 4.69) is 10.2 Å². The Kier molecular flexibility index (Phi) is 3.27. The van der Waals surface area contributed by atoms with Gasteiger partial charge in [-0.2, -0.15) is 5.10 Å². The van der Waals surface area contributed by atoms with Crippen LogP contribution in [0.4, 0.5) is 0 Å². The van der Waals surface area contributed by atoms with Crippen LogP contribution >= 0.6 is 11.3 Å². The number of thiophene rings is 1. The molecule has 2 aliphatic heterocycles. The summed E-state index contributed by atoms with van der Waals surface area (Å²) >= 11 is 1.50. The minimum atomic E-state index is 0.0845. The molecule has 1 fully saturated rings. The molecule has 0 bridgehead atoms. The van der Waals surface area contributed by atoms with Crippen molar-refractivity contribution < 1.29 is 9.53 Å². The van der Waals surface area contributed by atoms with Crippen molar-refractivity contribution in [3.05, 3.63) is 39.3 Å². The first-order chi connectivity index (χ1) is 10.3. The summed E-state index contributed by atoms with van der Waals surface area (Å²) in [5, 5.41) is 9.58. The monoisotopic (exact) mass is 303 g/mol. The number of rotatable bonds is 2. The highest BCUT2D eigenvalue weighted by atomic mass is 32.1. The molecule has 2 aromatic rings. The Morgan fingerprint density at radius 1 is 1.52 bits per heavy atom. The number of carbonyl (C=O) groups is 1. The summed E-state index contributed by atoms with van der Waals surface area (Å²) in [5.41, 5.74) is 3.34. The second-order valence-electron chi connectivity index (χ2n) is 5.50. The number of fused-ring (bicyclic) bond motifs is 1. The molecule has 6 heteroatoms. The van der Waals surface area contributed by atoms with Crippen LogP contribution in [0, 0.1) is 0 Å². The van der Waals surface area contributed by atoms with Gasteiger partial charge in [0.05, 0.1) is 29.8 Å². The van der Waals surface area contributed by atoms with E-state index in [1.807, 2.05) is 22.4 Å². The van der Waals surface area contributed by atoms with Gasteiger partial charge in [0.2, 0.25) is 0 Å². The molecule has 110 valence electrons. The fraction of sp³-hybridized carbons (Fsp3) is 0.467.